The Bertz CT molecular complexity index is 419. The molecule has 3 heteroatoms. The molecule has 0 spiro atoms. The van der Waals surface area contributed by atoms with Crippen molar-refractivity contribution in [1.82, 2.24) is 0 Å². The van der Waals surface area contributed by atoms with Crippen LogP contribution in [-0.2, 0) is 14.3 Å². The standard InChI is InChI=1S/C30H58O3/c1-3-4-5-23-26-30(32)27-24-21-19-17-15-13-11-9-7-6-8-10-12-14-16-18-20-22-25-28-33-29(2)31/h3-28H2,1-2H3. The van der Waals surface area contributed by atoms with E-state index in [9.17, 15) is 9.59 Å². The van der Waals surface area contributed by atoms with Gasteiger partial charge in [0.1, 0.15) is 5.78 Å². The number of rotatable bonds is 27. The first kappa shape index (κ1) is 32.1. The fraction of sp³-hybridized carbons (Fsp3) is 0.933. The highest BCUT2D eigenvalue weighted by atomic mass is 16.5. The van der Waals surface area contributed by atoms with Crippen molar-refractivity contribution in [2.45, 2.75) is 174 Å². The molecule has 0 unspecified atom stereocenters. The summed E-state index contributed by atoms with van der Waals surface area (Å²) in [6.45, 7) is 4.29. The summed E-state index contributed by atoms with van der Waals surface area (Å²) in [5.74, 6) is 0.339. The Balaban J connectivity index is 3.09. The summed E-state index contributed by atoms with van der Waals surface area (Å²) in [7, 11) is 0. The number of ether oxygens (including phenoxy) is 1. The van der Waals surface area contributed by atoms with E-state index in [1.807, 2.05) is 0 Å². The van der Waals surface area contributed by atoms with Crippen LogP contribution >= 0.6 is 0 Å². The quantitative estimate of drug-likeness (QED) is 0.0893. The highest BCUT2D eigenvalue weighted by Crippen LogP contribution is 2.15. The number of carbonyl (C=O) groups excluding carboxylic acids is 2. The third-order valence-electron chi connectivity index (χ3n) is 6.71. The van der Waals surface area contributed by atoms with E-state index in [1.54, 1.807) is 0 Å². The molecule has 0 amide bonds. The zero-order chi connectivity index (χ0) is 24.2. The Morgan fingerprint density at radius 3 is 1.09 bits per heavy atom. The van der Waals surface area contributed by atoms with Gasteiger partial charge in [-0.15, -0.1) is 0 Å². The van der Waals surface area contributed by atoms with Crippen molar-refractivity contribution in [3.05, 3.63) is 0 Å². The zero-order valence-electron chi connectivity index (χ0n) is 22.6. The third kappa shape index (κ3) is 29.1. The Kier molecular flexibility index (Phi) is 26.7. The zero-order valence-corrected chi connectivity index (χ0v) is 22.6. The summed E-state index contributed by atoms with van der Waals surface area (Å²) in [6, 6.07) is 0. The minimum Gasteiger partial charge on any atom is -0.466 e. The van der Waals surface area contributed by atoms with E-state index >= 15 is 0 Å². The van der Waals surface area contributed by atoms with E-state index in [-0.39, 0.29) is 5.97 Å². The normalized spacial score (nSPS) is 11.1. The predicted octanol–water partition coefficient (Wildman–Crippen LogP) is 9.89. The van der Waals surface area contributed by atoms with Crippen LogP contribution in [0.3, 0.4) is 0 Å². The number of carbonyl (C=O) groups is 2. The fourth-order valence-corrected chi connectivity index (χ4v) is 4.52. The minimum atomic E-state index is -0.157. The van der Waals surface area contributed by atoms with Crippen LogP contribution in [0, 0.1) is 0 Å². The molecule has 0 bridgehead atoms. The van der Waals surface area contributed by atoms with Gasteiger partial charge in [-0.25, -0.2) is 0 Å². The summed E-state index contributed by atoms with van der Waals surface area (Å²) < 4.78 is 4.95. The van der Waals surface area contributed by atoms with Crippen LogP contribution in [0.4, 0.5) is 0 Å². The molecule has 33 heavy (non-hydrogen) atoms. The lowest BCUT2D eigenvalue weighted by molar-refractivity contribution is -0.141. The lowest BCUT2D eigenvalue weighted by Crippen LogP contribution is -2.00. The highest BCUT2D eigenvalue weighted by molar-refractivity contribution is 5.78. The van der Waals surface area contributed by atoms with Crippen molar-refractivity contribution in [3.8, 4) is 0 Å². The topological polar surface area (TPSA) is 43.4 Å². The van der Waals surface area contributed by atoms with E-state index in [2.05, 4.69) is 6.92 Å². The first-order valence-electron chi connectivity index (χ1n) is 14.8. The van der Waals surface area contributed by atoms with E-state index in [0.29, 0.717) is 12.4 Å². The molecule has 0 aromatic rings. The summed E-state index contributed by atoms with van der Waals surface area (Å²) in [4.78, 5) is 22.5. The molecule has 0 N–H and O–H groups in total. The fourth-order valence-electron chi connectivity index (χ4n) is 4.52. The van der Waals surface area contributed by atoms with Gasteiger partial charge in [-0.05, 0) is 19.3 Å². The first-order chi connectivity index (χ1) is 16.2. The van der Waals surface area contributed by atoms with Crippen molar-refractivity contribution in [2.24, 2.45) is 0 Å². The lowest BCUT2D eigenvalue weighted by Gasteiger charge is -2.04. The van der Waals surface area contributed by atoms with E-state index in [0.717, 1.165) is 32.1 Å². The maximum absolute atomic E-state index is 11.8. The molecule has 0 aliphatic rings. The summed E-state index contributed by atoms with van der Waals surface area (Å²) >= 11 is 0. The molecule has 196 valence electrons. The Morgan fingerprint density at radius 2 is 0.758 bits per heavy atom. The van der Waals surface area contributed by atoms with Crippen LogP contribution in [0.2, 0.25) is 0 Å². The molecule has 3 nitrogen and oxygen atoms in total. The summed E-state index contributed by atoms with van der Waals surface area (Å²) in [5.41, 5.74) is 0. The minimum absolute atomic E-state index is 0.157. The van der Waals surface area contributed by atoms with Crippen molar-refractivity contribution < 1.29 is 14.3 Å². The van der Waals surface area contributed by atoms with Gasteiger partial charge in [0.15, 0.2) is 0 Å². The van der Waals surface area contributed by atoms with Gasteiger partial charge in [0.25, 0.3) is 0 Å². The van der Waals surface area contributed by atoms with Gasteiger partial charge in [0, 0.05) is 19.8 Å². The van der Waals surface area contributed by atoms with Gasteiger partial charge >= 0.3 is 5.97 Å². The van der Waals surface area contributed by atoms with Crippen LogP contribution in [0.25, 0.3) is 0 Å². The second-order valence-corrected chi connectivity index (χ2v) is 10.2. The van der Waals surface area contributed by atoms with Crippen LogP contribution < -0.4 is 0 Å². The number of hydrogen-bond acceptors (Lipinski definition) is 3. The molecule has 0 aliphatic heterocycles. The highest BCUT2D eigenvalue weighted by Gasteiger charge is 2.01. The van der Waals surface area contributed by atoms with Gasteiger partial charge in [0.2, 0.25) is 0 Å². The molecular weight excluding hydrogens is 408 g/mol. The molecular formula is C30H58O3. The van der Waals surface area contributed by atoms with E-state index in [1.165, 1.54) is 135 Å². The van der Waals surface area contributed by atoms with Crippen molar-refractivity contribution in [1.29, 1.82) is 0 Å². The molecule has 0 aromatic heterocycles. The molecule has 0 rings (SSSR count). The van der Waals surface area contributed by atoms with Crippen LogP contribution in [-0.4, -0.2) is 18.4 Å². The van der Waals surface area contributed by atoms with E-state index in [4.69, 9.17) is 4.74 Å². The van der Waals surface area contributed by atoms with E-state index < -0.39 is 0 Å². The van der Waals surface area contributed by atoms with Crippen LogP contribution in [0.1, 0.15) is 174 Å². The second-order valence-electron chi connectivity index (χ2n) is 10.2. The summed E-state index contributed by atoms with van der Waals surface area (Å²) in [5, 5.41) is 0. The maximum atomic E-state index is 11.8. The third-order valence-corrected chi connectivity index (χ3v) is 6.71. The molecule has 0 aromatic carbocycles. The van der Waals surface area contributed by atoms with Gasteiger partial charge in [0.05, 0.1) is 6.61 Å². The molecule has 0 aliphatic carbocycles. The number of ketones is 1. The smallest absolute Gasteiger partial charge is 0.302 e. The van der Waals surface area contributed by atoms with Crippen molar-refractivity contribution in [3.63, 3.8) is 0 Å². The number of Topliss-reactive ketones (excluding diaryl/α,β-unsaturated/α-hetero) is 1. The van der Waals surface area contributed by atoms with Crippen molar-refractivity contribution in [2.75, 3.05) is 6.61 Å². The number of esters is 1. The molecule has 0 heterocycles. The maximum Gasteiger partial charge on any atom is 0.302 e. The van der Waals surface area contributed by atoms with Gasteiger partial charge in [-0.3, -0.25) is 9.59 Å². The Labute approximate surface area is 207 Å². The number of unbranched alkanes of at least 4 members (excludes halogenated alkanes) is 21. The Morgan fingerprint density at radius 1 is 0.455 bits per heavy atom. The number of hydrogen-bond donors (Lipinski definition) is 0. The molecule has 0 atom stereocenters. The van der Waals surface area contributed by atoms with Crippen LogP contribution in [0.15, 0.2) is 0 Å². The molecule has 0 fully saturated rings. The van der Waals surface area contributed by atoms with Gasteiger partial charge in [-0.2, -0.15) is 0 Å². The second kappa shape index (κ2) is 27.4. The monoisotopic (exact) mass is 466 g/mol. The molecule has 0 saturated carbocycles. The largest absolute Gasteiger partial charge is 0.466 e. The Hall–Kier alpha value is -0.860. The van der Waals surface area contributed by atoms with Crippen LogP contribution in [0.5, 0.6) is 0 Å². The SMILES string of the molecule is CCCCCCC(=O)CCCCCCCCCCCCCCCCCCCCCOC(C)=O. The van der Waals surface area contributed by atoms with Gasteiger partial charge in [-0.1, -0.05) is 135 Å². The predicted molar refractivity (Wildman–Crippen MR) is 143 cm³/mol. The van der Waals surface area contributed by atoms with Crippen molar-refractivity contribution >= 4 is 11.8 Å². The summed E-state index contributed by atoms with van der Waals surface area (Å²) in [6.07, 6.45) is 31.8. The average Bonchev–Trinajstić information content (AvgIpc) is 2.80. The lowest BCUT2D eigenvalue weighted by atomic mass is 10.0. The molecule has 0 saturated heterocycles. The first-order valence-corrected chi connectivity index (χ1v) is 14.8. The van der Waals surface area contributed by atoms with Gasteiger partial charge < -0.3 is 4.74 Å². The average molecular weight is 467 g/mol. The molecule has 0 radical (unpaired) electrons.